The minimum Gasteiger partial charge on any atom is -0.351 e. The molecule has 1 unspecified atom stereocenters. The van der Waals surface area contributed by atoms with Crippen LogP contribution < -0.4 is 10.6 Å². The van der Waals surface area contributed by atoms with Crippen molar-refractivity contribution in [1.82, 2.24) is 10.6 Å². The van der Waals surface area contributed by atoms with Gasteiger partial charge in [-0.3, -0.25) is 9.59 Å². The standard InChI is InChI=1S/C16H17ClN2O2S/c1-11(12-3-2-4-14(17)9-12)19-15(20)5-7-18-16(21)13-6-8-22-10-13/h2-4,6,8-11H,5,7H2,1H3,(H,18,21)(H,19,20). The van der Waals surface area contributed by atoms with Crippen molar-refractivity contribution in [1.29, 1.82) is 0 Å². The lowest BCUT2D eigenvalue weighted by Gasteiger charge is -2.14. The lowest BCUT2D eigenvalue weighted by molar-refractivity contribution is -0.121. The van der Waals surface area contributed by atoms with E-state index in [2.05, 4.69) is 10.6 Å². The third-order valence-corrected chi connectivity index (χ3v) is 4.07. The predicted octanol–water partition coefficient (Wildman–Crippen LogP) is 3.40. The average Bonchev–Trinajstić information content (AvgIpc) is 3.01. The number of benzene rings is 1. The molecule has 1 atom stereocenters. The average molecular weight is 337 g/mol. The number of halogens is 1. The zero-order valence-corrected chi connectivity index (χ0v) is 13.7. The van der Waals surface area contributed by atoms with Gasteiger partial charge in [-0.1, -0.05) is 23.7 Å². The van der Waals surface area contributed by atoms with Gasteiger partial charge in [-0.05, 0) is 36.1 Å². The first-order valence-corrected chi connectivity index (χ1v) is 8.23. The largest absolute Gasteiger partial charge is 0.351 e. The van der Waals surface area contributed by atoms with Crippen molar-refractivity contribution in [2.45, 2.75) is 19.4 Å². The Morgan fingerprint density at radius 3 is 2.82 bits per heavy atom. The highest BCUT2D eigenvalue weighted by molar-refractivity contribution is 7.08. The number of hydrogen-bond acceptors (Lipinski definition) is 3. The predicted molar refractivity (Wildman–Crippen MR) is 89.3 cm³/mol. The molecule has 2 amide bonds. The van der Waals surface area contributed by atoms with Crippen molar-refractivity contribution < 1.29 is 9.59 Å². The number of nitrogens with one attached hydrogen (secondary N) is 2. The molecular weight excluding hydrogens is 320 g/mol. The second-order valence-corrected chi connectivity index (χ2v) is 6.08. The van der Waals surface area contributed by atoms with Crippen LogP contribution in [0.1, 0.15) is 35.3 Å². The van der Waals surface area contributed by atoms with Gasteiger partial charge in [-0.15, -0.1) is 0 Å². The molecule has 0 bridgehead atoms. The maximum absolute atomic E-state index is 11.9. The van der Waals surface area contributed by atoms with Crippen molar-refractivity contribution in [3.05, 3.63) is 57.2 Å². The lowest BCUT2D eigenvalue weighted by atomic mass is 10.1. The smallest absolute Gasteiger partial charge is 0.252 e. The number of hydrogen-bond donors (Lipinski definition) is 2. The van der Waals surface area contributed by atoms with E-state index in [0.717, 1.165) is 5.56 Å². The van der Waals surface area contributed by atoms with Crippen LogP contribution in [0.15, 0.2) is 41.1 Å². The van der Waals surface area contributed by atoms with Crippen LogP contribution in [0.3, 0.4) is 0 Å². The fourth-order valence-electron chi connectivity index (χ4n) is 1.96. The molecule has 4 nitrogen and oxygen atoms in total. The van der Waals surface area contributed by atoms with Gasteiger partial charge in [0.2, 0.25) is 5.91 Å². The van der Waals surface area contributed by atoms with Crippen LogP contribution in [0.25, 0.3) is 0 Å². The first kappa shape index (κ1) is 16.5. The summed E-state index contributed by atoms with van der Waals surface area (Å²) >= 11 is 7.40. The molecular formula is C16H17ClN2O2S. The second kappa shape index (κ2) is 7.96. The van der Waals surface area contributed by atoms with E-state index in [4.69, 9.17) is 11.6 Å². The maximum atomic E-state index is 11.9. The van der Waals surface area contributed by atoms with E-state index in [0.29, 0.717) is 17.1 Å². The second-order valence-electron chi connectivity index (χ2n) is 4.86. The maximum Gasteiger partial charge on any atom is 0.252 e. The van der Waals surface area contributed by atoms with Gasteiger partial charge in [0.15, 0.2) is 0 Å². The Morgan fingerprint density at radius 2 is 2.14 bits per heavy atom. The first-order valence-electron chi connectivity index (χ1n) is 6.91. The molecule has 116 valence electrons. The summed E-state index contributed by atoms with van der Waals surface area (Å²) in [5, 5.41) is 9.87. The van der Waals surface area contributed by atoms with Crippen LogP contribution in [0, 0.1) is 0 Å². The molecule has 0 saturated carbocycles. The molecule has 2 rings (SSSR count). The number of amides is 2. The Morgan fingerprint density at radius 1 is 1.32 bits per heavy atom. The minimum atomic E-state index is -0.156. The van der Waals surface area contributed by atoms with Crippen LogP contribution in [-0.4, -0.2) is 18.4 Å². The molecule has 0 radical (unpaired) electrons. The molecule has 1 heterocycles. The monoisotopic (exact) mass is 336 g/mol. The van der Waals surface area contributed by atoms with Gasteiger partial charge >= 0.3 is 0 Å². The van der Waals surface area contributed by atoms with Gasteiger partial charge < -0.3 is 10.6 Å². The summed E-state index contributed by atoms with van der Waals surface area (Å²) in [6, 6.07) is 9.00. The van der Waals surface area contributed by atoms with Crippen molar-refractivity contribution in [3.63, 3.8) is 0 Å². The third kappa shape index (κ3) is 4.86. The molecule has 22 heavy (non-hydrogen) atoms. The molecule has 0 fully saturated rings. The molecule has 0 aliphatic carbocycles. The van der Waals surface area contributed by atoms with Gasteiger partial charge in [-0.2, -0.15) is 11.3 Å². The van der Waals surface area contributed by atoms with Crippen molar-refractivity contribution in [2.75, 3.05) is 6.54 Å². The van der Waals surface area contributed by atoms with Crippen LogP contribution >= 0.6 is 22.9 Å². The van der Waals surface area contributed by atoms with Gasteiger partial charge in [0.1, 0.15) is 0 Å². The van der Waals surface area contributed by atoms with Crippen molar-refractivity contribution >= 4 is 34.8 Å². The topological polar surface area (TPSA) is 58.2 Å². The Labute approximate surface area is 138 Å². The van der Waals surface area contributed by atoms with Crippen molar-refractivity contribution in [3.8, 4) is 0 Å². The molecule has 0 aliphatic rings. The number of rotatable bonds is 6. The Hall–Kier alpha value is -1.85. The summed E-state index contributed by atoms with van der Waals surface area (Å²) in [6.07, 6.45) is 0.237. The summed E-state index contributed by atoms with van der Waals surface area (Å²) < 4.78 is 0. The van der Waals surface area contributed by atoms with Gasteiger partial charge in [-0.25, -0.2) is 0 Å². The number of carbonyl (C=O) groups excluding carboxylic acids is 2. The van der Waals surface area contributed by atoms with E-state index in [1.807, 2.05) is 30.5 Å². The van der Waals surface area contributed by atoms with E-state index >= 15 is 0 Å². The Kier molecular flexibility index (Phi) is 5.98. The van der Waals surface area contributed by atoms with Gasteiger partial charge in [0.25, 0.3) is 5.91 Å². The zero-order valence-electron chi connectivity index (χ0n) is 12.1. The highest BCUT2D eigenvalue weighted by Crippen LogP contribution is 2.17. The molecule has 1 aromatic carbocycles. The van der Waals surface area contributed by atoms with Gasteiger partial charge in [0, 0.05) is 28.9 Å². The van der Waals surface area contributed by atoms with Gasteiger partial charge in [0.05, 0.1) is 6.04 Å². The van der Waals surface area contributed by atoms with E-state index in [1.54, 1.807) is 17.5 Å². The highest BCUT2D eigenvalue weighted by atomic mass is 35.5. The molecule has 0 saturated heterocycles. The number of thiophene rings is 1. The Bertz CT molecular complexity index is 643. The first-order chi connectivity index (χ1) is 10.6. The fraction of sp³-hybridized carbons (Fsp3) is 0.250. The van der Waals surface area contributed by atoms with Crippen LogP contribution in [0.2, 0.25) is 5.02 Å². The van der Waals surface area contributed by atoms with E-state index in [1.165, 1.54) is 11.3 Å². The lowest BCUT2D eigenvalue weighted by Crippen LogP contribution is -2.31. The van der Waals surface area contributed by atoms with E-state index in [-0.39, 0.29) is 24.3 Å². The van der Waals surface area contributed by atoms with E-state index < -0.39 is 0 Å². The summed E-state index contributed by atoms with van der Waals surface area (Å²) in [4.78, 5) is 23.6. The van der Waals surface area contributed by atoms with Crippen molar-refractivity contribution in [2.24, 2.45) is 0 Å². The van der Waals surface area contributed by atoms with Crippen LogP contribution in [-0.2, 0) is 4.79 Å². The molecule has 0 aliphatic heterocycles. The summed E-state index contributed by atoms with van der Waals surface area (Å²) in [6.45, 7) is 2.20. The summed E-state index contributed by atoms with van der Waals surface area (Å²) in [5.41, 5.74) is 1.57. The molecule has 6 heteroatoms. The van der Waals surface area contributed by atoms with Crippen LogP contribution in [0.4, 0.5) is 0 Å². The van der Waals surface area contributed by atoms with Crippen LogP contribution in [0.5, 0.6) is 0 Å². The molecule has 2 aromatic rings. The minimum absolute atomic E-state index is 0.113. The normalized spacial score (nSPS) is 11.7. The summed E-state index contributed by atoms with van der Waals surface area (Å²) in [7, 11) is 0. The Balaban J connectivity index is 1.75. The van der Waals surface area contributed by atoms with E-state index in [9.17, 15) is 9.59 Å². The SMILES string of the molecule is CC(NC(=O)CCNC(=O)c1ccsc1)c1cccc(Cl)c1. The zero-order chi connectivity index (χ0) is 15.9. The number of carbonyl (C=O) groups is 2. The summed E-state index contributed by atoms with van der Waals surface area (Å²) in [5.74, 6) is -0.268. The quantitative estimate of drug-likeness (QED) is 0.849. The molecule has 2 N–H and O–H groups in total. The highest BCUT2D eigenvalue weighted by Gasteiger charge is 2.11. The fourth-order valence-corrected chi connectivity index (χ4v) is 2.79. The molecule has 0 spiro atoms. The molecule has 1 aromatic heterocycles. The third-order valence-electron chi connectivity index (χ3n) is 3.15.